The first kappa shape index (κ1) is 20.2. The van der Waals surface area contributed by atoms with E-state index < -0.39 is 0 Å². The SMILES string of the molecule is CSc1[nH]c2cccc3c2c1C[C@@H]1[C@@H]3CC(CCOC(=O)N2CCOCC2)CN1C. The summed E-state index contributed by atoms with van der Waals surface area (Å²) in [6.45, 7) is 4.06. The van der Waals surface area contributed by atoms with Crippen LogP contribution in [0.3, 0.4) is 0 Å². The summed E-state index contributed by atoms with van der Waals surface area (Å²) in [6, 6.07) is 7.28. The summed E-state index contributed by atoms with van der Waals surface area (Å²) >= 11 is 1.82. The number of piperidine rings is 1. The van der Waals surface area contributed by atoms with Crippen LogP contribution in [0.25, 0.3) is 10.9 Å². The standard InChI is InChI=1S/C23H31N3O3S/c1-25-14-15(6-9-29-23(27)26-7-10-28-11-8-26)12-17-16-4-3-5-19-21(16)18(13-20(17)25)22(24-19)30-2/h3-5,15,17,20,24H,6-14H2,1-2H3/t15?,17-,20-/m1/s1. The Morgan fingerprint density at radius 2 is 2.17 bits per heavy atom. The second kappa shape index (κ2) is 8.44. The van der Waals surface area contributed by atoms with E-state index >= 15 is 0 Å². The van der Waals surface area contributed by atoms with Crippen molar-refractivity contribution in [2.45, 2.75) is 36.2 Å². The van der Waals surface area contributed by atoms with Gasteiger partial charge in [-0.05, 0) is 55.7 Å². The van der Waals surface area contributed by atoms with E-state index in [-0.39, 0.29) is 6.09 Å². The van der Waals surface area contributed by atoms with Gasteiger partial charge in [0.1, 0.15) is 0 Å². The number of nitrogens with one attached hydrogen (secondary N) is 1. The number of hydrogen-bond acceptors (Lipinski definition) is 5. The molecule has 1 unspecified atom stereocenters. The van der Waals surface area contributed by atoms with E-state index in [1.165, 1.54) is 33.5 Å². The fourth-order valence-electron chi connectivity index (χ4n) is 5.64. The van der Waals surface area contributed by atoms with Gasteiger partial charge in [0.25, 0.3) is 0 Å². The monoisotopic (exact) mass is 429 g/mol. The van der Waals surface area contributed by atoms with Crippen LogP contribution in [0.4, 0.5) is 4.79 Å². The summed E-state index contributed by atoms with van der Waals surface area (Å²) in [5.74, 6) is 1.09. The van der Waals surface area contributed by atoms with Gasteiger partial charge in [-0.1, -0.05) is 12.1 Å². The number of morpholine rings is 1. The van der Waals surface area contributed by atoms with Crippen LogP contribution in [-0.2, 0) is 15.9 Å². The van der Waals surface area contributed by atoms with Crippen LogP contribution < -0.4 is 0 Å². The van der Waals surface area contributed by atoms with Gasteiger partial charge < -0.3 is 24.3 Å². The lowest BCUT2D eigenvalue weighted by Gasteiger charge is -2.45. The van der Waals surface area contributed by atoms with E-state index in [0.29, 0.717) is 50.8 Å². The molecule has 162 valence electrons. The van der Waals surface area contributed by atoms with Gasteiger partial charge in [0.05, 0.1) is 24.8 Å². The van der Waals surface area contributed by atoms with Crippen LogP contribution in [0.1, 0.15) is 29.9 Å². The average Bonchev–Trinajstić information content (AvgIpc) is 3.14. The Morgan fingerprint density at radius 1 is 1.33 bits per heavy atom. The zero-order chi connectivity index (χ0) is 20.7. The van der Waals surface area contributed by atoms with Crippen LogP contribution in [0, 0.1) is 5.92 Å². The third kappa shape index (κ3) is 3.61. The number of H-pyrrole nitrogens is 1. The van der Waals surface area contributed by atoms with Crippen molar-refractivity contribution in [3.8, 4) is 0 Å². The second-order valence-corrected chi connectivity index (χ2v) is 9.64. The van der Waals surface area contributed by atoms with Crippen molar-refractivity contribution in [2.75, 3.05) is 52.8 Å². The topological polar surface area (TPSA) is 57.8 Å². The predicted molar refractivity (Wildman–Crippen MR) is 119 cm³/mol. The first-order chi connectivity index (χ1) is 14.7. The molecule has 6 nitrogen and oxygen atoms in total. The Kier molecular flexibility index (Phi) is 5.69. The van der Waals surface area contributed by atoms with Crippen molar-refractivity contribution >= 4 is 28.8 Å². The maximum absolute atomic E-state index is 12.3. The molecule has 3 heterocycles. The highest BCUT2D eigenvalue weighted by Crippen LogP contribution is 2.47. The third-order valence-corrected chi connectivity index (χ3v) is 7.88. The number of aromatic amines is 1. The third-order valence-electron chi connectivity index (χ3n) is 7.12. The molecule has 0 spiro atoms. The van der Waals surface area contributed by atoms with Crippen molar-refractivity contribution in [1.82, 2.24) is 14.8 Å². The maximum atomic E-state index is 12.3. The van der Waals surface area contributed by atoms with Gasteiger partial charge >= 0.3 is 6.09 Å². The molecule has 7 heteroatoms. The van der Waals surface area contributed by atoms with Crippen molar-refractivity contribution in [2.24, 2.45) is 5.92 Å². The lowest BCUT2D eigenvalue weighted by molar-refractivity contribution is 0.0232. The lowest BCUT2D eigenvalue weighted by Crippen LogP contribution is -2.48. The van der Waals surface area contributed by atoms with Crippen molar-refractivity contribution in [3.63, 3.8) is 0 Å². The molecule has 30 heavy (non-hydrogen) atoms. The molecule has 3 aliphatic rings. The number of rotatable bonds is 4. The smallest absolute Gasteiger partial charge is 0.409 e. The minimum absolute atomic E-state index is 0.190. The molecule has 1 N–H and O–H groups in total. The number of fused-ring (bicyclic) bond motifs is 2. The first-order valence-corrected chi connectivity index (χ1v) is 12.2. The number of aromatic nitrogens is 1. The number of amides is 1. The van der Waals surface area contributed by atoms with E-state index in [9.17, 15) is 4.79 Å². The summed E-state index contributed by atoms with van der Waals surface area (Å²) in [6.07, 6.45) is 5.18. The summed E-state index contributed by atoms with van der Waals surface area (Å²) in [7, 11) is 2.26. The molecule has 1 aliphatic carbocycles. The van der Waals surface area contributed by atoms with Gasteiger partial charge in [-0.15, -0.1) is 11.8 Å². The van der Waals surface area contributed by atoms with Crippen molar-refractivity contribution in [1.29, 1.82) is 0 Å². The molecule has 2 fully saturated rings. The number of carbonyl (C=O) groups excluding carboxylic acids is 1. The normalized spacial score (nSPS) is 26.6. The van der Waals surface area contributed by atoms with Crippen LogP contribution in [0.2, 0.25) is 0 Å². The second-order valence-electron chi connectivity index (χ2n) is 8.83. The summed E-state index contributed by atoms with van der Waals surface area (Å²) in [4.78, 5) is 20.2. The summed E-state index contributed by atoms with van der Waals surface area (Å²) in [5, 5.41) is 2.78. The lowest BCUT2D eigenvalue weighted by atomic mass is 9.72. The van der Waals surface area contributed by atoms with Gasteiger partial charge in [-0.2, -0.15) is 0 Å². The quantitative estimate of drug-likeness (QED) is 0.751. The van der Waals surface area contributed by atoms with Crippen LogP contribution >= 0.6 is 11.8 Å². The molecule has 5 rings (SSSR count). The minimum atomic E-state index is -0.190. The van der Waals surface area contributed by atoms with E-state index in [1.807, 2.05) is 11.8 Å². The Morgan fingerprint density at radius 3 is 2.97 bits per heavy atom. The molecule has 0 saturated carbocycles. The number of hydrogen-bond donors (Lipinski definition) is 1. The van der Waals surface area contributed by atoms with Gasteiger partial charge in [-0.3, -0.25) is 0 Å². The van der Waals surface area contributed by atoms with E-state index in [0.717, 1.165) is 19.4 Å². The number of likely N-dealkylation sites (N-methyl/N-ethyl adjacent to an activating group) is 1. The molecular formula is C23H31N3O3S. The molecule has 1 aromatic carbocycles. The van der Waals surface area contributed by atoms with Crippen molar-refractivity contribution < 1.29 is 14.3 Å². The van der Waals surface area contributed by atoms with E-state index in [2.05, 4.69) is 41.4 Å². The average molecular weight is 430 g/mol. The Bertz CT molecular complexity index is 924. The fraction of sp³-hybridized carbons (Fsp3) is 0.609. The zero-order valence-corrected chi connectivity index (χ0v) is 18.7. The van der Waals surface area contributed by atoms with Crippen LogP contribution in [0.5, 0.6) is 0 Å². The molecule has 2 aromatic rings. The number of thioether (sulfide) groups is 1. The van der Waals surface area contributed by atoms with E-state index in [4.69, 9.17) is 9.47 Å². The highest BCUT2D eigenvalue weighted by molar-refractivity contribution is 7.98. The van der Waals surface area contributed by atoms with E-state index in [1.54, 1.807) is 4.90 Å². The molecule has 0 bridgehead atoms. The molecule has 1 amide bonds. The Balaban J connectivity index is 1.27. The van der Waals surface area contributed by atoms with Crippen LogP contribution in [0.15, 0.2) is 23.2 Å². The number of carbonyl (C=O) groups is 1. The minimum Gasteiger partial charge on any atom is -0.449 e. The molecule has 1 aromatic heterocycles. The molecule has 2 saturated heterocycles. The van der Waals surface area contributed by atoms with Gasteiger partial charge in [0.2, 0.25) is 0 Å². The highest BCUT2D eigenvalue weighted by atomic mass is 32.2. The number of ether oxygens (including phenoxy) is 2. The summed E-state index contributed by atoms with van der Waals surface area (Å²) < 4.78 is 10.9. The van der Waals surface area contributed by atoms with Gasteiger partial charge in [0, 0.05) is 42.5 Å². The van der Waals surface area contributed by atoms with Crippen LogP contribution in [-0.4, -0.2) is 79.7 Å². The maximum Gasteiger partial charge on any atom is 0.409 e. The van der Waals surface area contributed by atoms with Gasteiger partial charge in [0.15, 0.2) is 0 Å². The van der Waals surface area contributed by atoms with Crippen molar-refractivity contribution in [3.05, 3.63) is 29.3 Å². The first-order valence-electron chi connectivity index (χ1n) is 11.0. The largest absolute Gasteiger partial charge is 0.449 e. The zero-order valence-electron chi connectivity index (χ0n) is 17.9. The highest BCUT2D eigenvalue weighted by Gasteiger charge is 2.40. The predicted octanol–water partition coefficient (Wildman–Crippen LogP) is 3.71. The molecule has 2 aliphatic heterocycles. The Hall–Kier alpha value is -1.70. The number of nitrogens with zero attached hydrogens (tertiary/aromatic N) is 2. The number of benzene rings is 1. The van der Waals surface area contributed by atoms with Gasteiger partial charge in [-0.25, -0.2) is 4.79 Å². The molecular weight excluding hydrogens is 398 g/mol. The number of likely N-dealkylation sites (tertiary alicyclic amines) is 1. The molecule has 0 radical (unpaired) electrons. The fourth-order valence-corrected chi connectivity index (χ4v) is 6.29. The Labute approximate surface area is 182 Å². The summed E-state index contributed by atoms with van der Waals surface area (Å²) in [5.41, 5.74) is 4.27. The molecule has 3 atom stereocenters.